The number of benzene rings is 2. The number of aryl methyl sites for hydroxylation is 1. The molecule has 2 rings (SSSR count). The van der Waals surface area contributed by atoms with Gasteiger partial charge in [0.1, 0.15) is 22.8 Å². The van der Waals surface area contributed by atoms with Crippen LogP contribution in [0.3, 0.4) is 0 Å². The van der Waals surface area contributed by atoms with E-state index in [0.29, 0.717) is 13.0 Å². The highest BCUT2D eigenvalue weighted by atomic mass is 16.7. The maximum atomic E-state index is 11.3. The molecule has 0 aliphatic heterocycles. The topological polar surface area (TPSA) is 97.2 Å². The number of nitrogens with one attached hydrogen (secondary N) is 1. The zero-order chi connectivity index (χ0) is 28.4. The van der Waals surface area contributed by atoms with Crippen molar-refractivity contribution in [2.75, 3.05) is 20.8 Å². The van der Waals surface area contributed by atoms with E-state index in [9.17, 15) is 9.90 Å². The van der Waals surface area contributed by atoms with Gasteiger partial charge in [-0.1, -0.05) is 45.7 Å². The van der Waals surface area contributed by atoms with Gasteiger partial charge in [-0.3, -0.25) is 9.63 Å². The summed E-state index contributed by atoms with van der Waals surface area (Å²) < 4.78 is 10.5. The standard InChI is InChI=1S/C18H27NO3.C10H12O3.C2H6/c1-7-18(4,13-20-5)22-19-11-10-14(2)16-9-8-15(3)17(12-16)21-6;1-2-3-9(12)8-5-4-7(11)6-10(8)13;1-2/h8-9,12,14,19H,7,13H2,1-6H3;4-6,11,13H,2-3H2,1H3;1-2H3. The smallest absolute Gasteiger partial charge is 0.166 e. The summed E-state index contributed by atoms with van der Waals surface area (Å²) in [7, 11) is 3.34. The summed E-state index contributed by atoms with van der Waals surface area (Å²) in [5.41, 5.74) is 4.87. The first-order valence-corrected chi connectivity index (χ1v) is 12.7. The van der Waals surface area contributed by atoms with Crippen LogP contribution in [0.4, 0.5) is 0 Å². The van der Waals surface area contributed by atoms with Gasteiger partial charge < -0.3 is 19.7 Å². The largest absolute Gasteiger partial charge is 0.508 e. The Morgan fingerprint density at radius 1 is 1.11 bits per heavy atom. The summed E-state index contributed by atoms with van der Waals surface area (Å²) in [4.78, 5) is 16.9. The Kier molecular flexibility index (Phi) is 16.5. The van der Waals surface area contributed by atoms with Gasteiger partial charge >= 0.3 is 0 Å². The van der Waals surface area contributed by atoms with Crippen molar-refractivity contribution in [2.45, 2.75) is 79.2 Å². The Hall–Kier alpha value is -3.21. The first-order valence-electron chi connectivity index (χ1n) is 12.7. The number of hydrogen-bond acceptors (Lipinski definition) is 7. The molecule has 0 spiro atoms. The van der Waals surface area contributed by atoms with Gasteiger partial charge in [0.05, 0.1) is 19.3 Å². The van der Waals surface area contributed by atoms with E-state index in [1.54, 1.807) is 14.2 Å². The van der Waals surface area contributed by atoms with Crippen LogP contribution in [-0.2, 0) is 9.57 Å². The van der Waals surface area contributed by atoms with E-state index in [2.05, 4.69) is 30.4 Å². The predicted molar refractivity (Wildman–Crippen MR) is 149 cm³/mol. The van der Waals surface area contributed by atoms with Crippen LogP contribution in [0.25, 0.3) is 0 Å². The van der Waals surface area contributed by atoms with Crippen molar-refractivity contribution in [3.63, 3.8) is 0 Å². The average Bonchev–Trinajstić information content (AvgIpc) is 2.88. The molecule has 0 radical (unpaired) electrons. The Morgan fingerprint density at radius 3 is 2.32 bits per heavy atom. The molecule has 2 aromatic rings. The molecule has 0 aromatic heterocycles. The third-order valence-electron chi connectivity index (χ3n) is 5.53. The first-order chi connectivity index (χ1) is 17.6. The number of phenolic OH excluding ortho intramolecular Hbond substituents is 2. The number of ether oxygens (including phenoxy) is 2. The fourth-order valence-electron chi connectivity index (χ4n) is 3.10. The lowest BCUT2D eigenvalue weighted by Gasteiger charge is -2.25. The second-order valence-electron chi connectivity index (χ2n) is 8.54. The SMILES string of the molecule is CC.CCC(C)(COC)ONC#CC(C)c1ccc(C)c(OC)c1.CCCC(=O)c1ccc(O)cc1O. The lowest BCUT2D eigenvalue weighted by atomic mass is 10.0. The fraction of sp³-hybridized carbons (Fsp3) is 0.500. The molecule has 7 nitrogen and oxygen atoms in total. The third kappa shape index (κ3) is 12.1. The van der Waals surface area contributed by atoms with E-state index in [1.165, 1.54) is 18.2 Å². The molecule has 0 aliphatic rings. The number of carbonyl (C=O) groups excluding carboxylic acids is 1. The van der Waals surface area contributed by atoms with Gasteiger partial charge in [-0.2, -0.15) is 0 Å². The molecule has 7 heteroatoms. The zero-order valence-corrected chi connectivity index (χ0v) is 23.9. The normalized spacial score (nSPS) is 12.2. The zero-order valence-electron chi connectivity index (χ0n) is 23.9. The number of Topliss-reactive ketones (excluding diaryl/α,β-unsaturated/α-hetero) is 1. The summed E-state index contributed by atoms with van der Waals surface area (Å²) in [5, 5.41) is 18.3. The molecule has 2 aromatic carbocycles. The van der Waals surface area contributed by atoms with Crippen molar-refractivity contribution in [3.8, 4) is 29.2 Å². The molecule has 0 bridgehead atoms. The van der Waals surface area contributed by atoms with Crippen molar-refractivity contribution >= 4 is 5.78 Å². The van der Waals surface area contributed by atoms with Crippen molar-refractivity contribution < 1.29 is 29.3 Å². The van der Waals surface area contributed by atoms with Crippen LogP contribution >= 0.6 is 0 Å². The summed E-state index contributed by atoms with van der Waals surface area (Å²) in [6.07, 6.45) is 2.00. The van der Waals surface area contributed by atoms with E-state index >= 15 is 0 Å². The van der Waals surface area contributed by atoms with E-state index in [4.69, 9.17) is 19.4 Å². The first kappa shape index (κ1) is 33.8. The average molecular weight is 516 g/mol. The van der Waals surface area contributed by atoms with Crippen LogP contribution < -0.4 is 10.2 Å². The van der Waals surface area contributed by atoms with Crippen LogP contribution in [0.2, 0.25) is 0 Å². The maximum Gasteiger partial charge on any atom is 0.166 e. The van der Waals surface area contributed by atoms with Crippen LogP contribution in [0.15, 0.2) is 36.4 Å². The highest BCUT2D eigenvalue weighted by Crippen LogP contribution is 2.24. The van der Waals surface area contributed by atoms with Gasteiger partial charge in [0.25, 0.3) is 0 Å². The van der Waals surface area contributed by atoms with Crippen LogP contribution in [0.5, 0.6) is 17.2 Å². The minimum Gasteiger partial charge on any atom is -0.508 e. The number of rotatable bonds is 10. The predicted octanol–water partition coefficient (Wildman–Crippen LogP) is 6.51. The maximum absolute atomic E-state index is 11.3. The van der Waals surface area contributed by atoms with Crippen LogP contribution in [-0.4, -0.2) is 42.4 Å². The van der Waals surface area contributed by atoms with Gasteiger partial charge in [-0.15, -0.1) is 0 Å². The number of ketones is 1. The summed E-state index contributed by atoms with van der Waals surface area (Å²) in [6.45, 7) is 14.5. The summed E-state index contributed by atoms with van der Waals surface area (Å²) in [6, 6.07) is 13.0. The Labute approximate surface area is 223 Å². The number of methoxy groups -OCH3 is 2. The molecule has 0 saturated heterocycles. The molecule has 206 valence electrons. The molecule has 0 aliphatic carbocycles. The van der Waals surface area contributed by atoms with Gasteiger partial charge in [0.2, 0.25) is 0 Å². The number of carbonyl (C=O) groups is 1. The monoisotopic (exact) mass is 515 g/mol. The van der Waals surface area contributed by atoms with Crippen molar-refractivity contribution in [3.05, 3.63) is 53.1 Å². The fourth-order valence-corrected chi connectivity index (χ4v) is 3.10. The molecule has 2 atom stereocenters. The number of phenols is 2. The summed E-state index contributed by atoms with van der Waals surface area (Å²) >= 11 is 0. The number of aromatic hydroxyl groups is 2. The van der Waals surface area contributed by atoms with E-state index in [1.807, 2.05) is 53.7 Å². The Morgan fingerprint density at radius 2 is 1.78 bits per heavy atom. The van der Waals surface area contributed by atoms with E-state index < -0.39 is 0 Å². The molecule has 0 saturated carbocycles. The molecule has 0 heterocycles. The molecule has 0 fully saturated rings. The van der Waals surface area contributed by atoms with Crippen molar-refractivity contribution in [1.82, 2.24) is 5.48 Å². The number of hydrogen-bond donors (Lipinski definition) is 3. The minimum atomic E-state index is -0.375. The van der Waals surface area contributed by atoms with E-state index in [-0.39, 0.29) is 34.4 Å². The van der Waals surface area contributed by atoms with Crippen molar-refractivity contribution in [1.29, 1.82) is 0 Å². The van der Waals surface area contributed by atoms with E-state index in [0.717, 1.165) is 29.7 Å². The Balaban J connectivity index is 0.000000733. The number of hydroxylamine groups is 1. The molecule has 3 N–H and O–H groups in total. The highest BCUT2D eigenvalue weighted by Gasteiger charge is 2.23. The lowest BCUT2D eigenvalue weighted by molar-refractivity contribution is -0.111. The minimum absolute atomic E-state index is 0.0365. The second-order valence-corrected chi connectivity index (χ2v) is 8.54. The Bertz CT molecular complexity index is 1010. The van der Waals surface area contributed by atoms with Gasteiger partial charge in [-0.25, -0.2) is 5.48 Å². The summed E-state index contributed by atoms with van der Waals surface area (Å²) in [5.74, 6) is 3.81. The molecular formula is C30H45NO6. The third-order valence-corrected chi connectivity index (χ3v) is 5.53. The van der Waals surface area contributed by atoms with Crippen LogP contribution in [0, 0.1) is 18.9 Å². The second kappa shape index (κ2) is 18.1. The van der Waals surface area contributed by atoms with Gasteiger partial charge in [0, 0.05) is 31.6 Å². The quantitative estimate of drug-likeness (QED) is 0.144. The molecular weight excluding hydrogens is 470 g/mol. The molecule has 37 heavy (non-hydrogen) atoms. The van der Waals surface area contributed by atoms with Crippen LogP contribution in [0.1, 0.15) is 88.2 Å². The van der Waals surface area contributed by atoms with Gasteiger partial charge in [-0.05, 0) is 62.9 Å². The molecule has 0 amide bonds. The lowest BCUT2D eigenvalue weighted by Crippen LogP contribution is -2.37. The highest BCUT2D eigenvalue weighted by molar-refractivity contribution is 5.98. The van der Waals surface area contributed by atoms with Gasteiger partial charge in [0.15, 0.2) is 5.78 Å². The molecule has 2 unspecified atom stereocenters. The van der Waals surface area contributed by atoms with Crippen molar-refractivity contribution in [2.24, 2.45) is 0 Å².